The predicted molar refractivity (Wildman–Crippen MR) is 96.9 cm³/mol. The number of nitrogens with zero attached hydrogens (tertiary/aromatic N) is 3. The average Bonchev–Trinajstić information content (AvgIpc) is 3.28. The largest absolute Gasteiger partial charge is 0.480 e. The van der Waals surface area contributed by atoms with Gasteiger partial charge in [0.1, 0.15) is 12.0 Å². The van der Waals surface area contributed by atoms with E-state index in [1.165, 1.54) is 0 Å². The van der Waals surface area contributed by atoms with E-state index >= 15 is 0 Å². The molecule has 1 saturated carbocycles. The van der Waals surface area contributed by atoms with Crippen molar-refractivity contribution < 1.29 is 13.9 Å². The number of nitrogens with one attached hydrogen (secondary N) is 1. The molecule has 3 aromatic heterocycles. The minimum Gasteiger partial charge on any atom is -0.480 e. The van der Waals surface area contributed by atoms with Gasteiger partial charge in [-0.25, -0.2) is 14.4 Å². The number of methoxy groups -OCH3 is 1. The topological polar surface area (TPSA) is 69.0 Å². The van der Waals surface area contributed by atoms with E-state index in [-0.39, 0.29) is 5.91 Å². The molecule has 4 rings (SSSR count). The van der Waals surface area contributed by atoms with Gasteiger partial charge in [0, 0.05) is 18.6 Å². The maximum Gasteiger partial charge on any atom is 0.231 e. The molecule has 26 heavy (non-hydrogen) atoms. The number of rotatable bonds is 4. The summed E-state index contributed by atoms with van der Waals surface area (Å²) in [4.78, 5) is 20.5. The Bertz CT molecular complexity index is 1010. The zero-order chi connectivity index (χ0) is 18.4. The van der Waals surface area contributed by atoms with E-state index in [4.69, 9.17) is 4.74 Å². The second kappa shape index (κ2) is 6.09. The average molecular weight is 354 g/mol. The standard InChI is InChI=1S/C19H19FN4O2/c1-10-4-5-21-19(26-3)17(10)14-6-11-7-16(22-9-15(11)24(14)2)23-18(25)12-8-13(12)20/h4-7,9,12-13H,8H2,1-3H3,(H,22,23,25). The van der Waals surface area contributed by atoms with Crippen LogP contribution in [-0.4, -0.2) is 33.7 Å². The highest BCUT2D eigenvalue weighted by Gasteiger charge is 2.43. The summed E-state index contributed by atoms with van der Waals surface area (Å²) in [5, 5.41) is 3.61. The fourth-order valence-corrected chi connectivity index (χ4v) is 3.20. The van der Waals surface area contributed by atoms with Crippen molar-refractivity contribution in [3.8, 4) is 17.1 Å². The molecule has 0 aromatic carbocycles. The Morgan fingerprint density at radius 3 is 2.85 bits per heavy atom. The van der Waals surface area contributed by atoms with Crippen LogP contribution in [0.4, 0.5) is 10.2 Å². The highest BCUT2D eigenvalue weighted by atomic mass is 19.1. The molecule has 1 aliphatic carbocycles. The van der Waals surface area contributed by atoms with Gasteiger partial charge in [-0.1, -0.05) is 0 Å². The van der Waals surface area contributed by atoms with Crippen molar-refractivity contribution in [1.29, 1.82) is 0 Å². The Balaban J connectivity index is 1.74. The molecule has 0 bridgehead atoms. The van der Waals surface area contributed by atoms with E-state index in [9.17, 15) is 9.18 Å². The minimum absolute atomic E-state index is 0.295. The Hall–Kier alpha value is -2.96. The molecule has 3 aromatic rings. The smallest absolute Gasteiger partial charge is 0.231 e. The number of hydrogen-bond acceptors (Lipinski definition) is 4. The molecule has 6 nitrogen and oxygen atoms in total. The van der Waals surface area contributed by atoms with Crippen molar-refractivity contribution in [3.63, 3.8) is 0 Å². The van der Waals surface area contributed by atoms with Gasteiger partial charge >= 0.3 is 0 Å². The number of hydrogen-bond donors (Lipinski definition) is 1. The minimum atomic E-state index is -1.02. The maximum atomic E-state index is 13.0. The summed E-state index contributed by atoms with van der Waals surface area (Å²) in [7, 11) is 3.54. The SMILES string of the molecule is COc1nccc(C)c1-c1cc2cc(NC(=O)C3CC3F)ncc2n1C. The van der Waals surface area contributed by atoms with E-state index in [0.29, 0.717) is 18.1 Å². The van der Waals surface area contributed by atoms with Crippen molar-refractivity contribution in [3.05, 3.63) is 36.2 Å². The number of aryl methyl sites for hydroxylation is 2. The Kier molecular flexibility index (Phi) is 3.86. The van der Waals surface area contributed by atoms with Gasteiger partial charge in [-0.2, -0.15) is 0 Å². The number of amides is 1. The monoisotopic (exact) mass is 354 g/mol. The highest BCUT2D eigenvalue weighted by Crippen LogP contribution is 2.36. The fourth-order valence-electron chi connectivity index (χ4n) is 3.20. The lowest BCUT2D eigenvalue weighted by Gasteiger charge is -2.11. The summed E-state index contributed by atoms with van der Waals surface area (Å²) in [6.45, 7) is 2.00. The second-order valence-corrected chi connectivity index (χ2v) is 6.58. The van der Waals surface area contributed by atoms with Gasteiger partial charge in [0.2, 0.25) is 11.8 Å². The molecule has 1 fully saturated rings. The molecule has 0 saturated heterocycles. The summed E-state index contributed by atoms with van der Waals surface area (Å²) in [6, 6.07) is 5.74. The summed E-state index contributed by atoms with van der Waals surface area (Å²) in [5.41, 5.74) is 3.82. The summed E-state index contributed by atoms with van der Waals surface area (Å²) < 4.78 is 20.5. The number of pyridine rings is 2. The van der Waals surface area contributed by atoms with Gasteiger partial charge in [0.15, 0.2) is 0 Å². The molecule has 1 aliphatic rings. The molecule has 1 N–H and O–H groups in total. The summed E-state index contributed by atoms with van der Waals surface area (Å²) in [5.74, 6) is 0.125. The number of anilines is 1. The maximum absolute atomic E-state index is 13.0. The lowest BCUT2D eigenvalue weighted by molar-refractivity contribution is -0.117. The second-order valence-electron chi connectivity index (χ2n) is 6.58. The van der Waals surface area contributed by atoms with Crippen molar-refractivity contribution in [2.75, 3.05) is 12.4 Å². The van der Waals surface area contributed by atoms with Gasteiger partial charge in [-0.15, -0.1) is 0 Å². The number of carbonyl (C=O) groups is 1. The summed E-state index contributed by atoms with van der Waals surface area (Å²) in [6.07, 6.45) is 2.69. The van der Waals surface area contributed by atoms with Crippen LogP contribution in [0.15, 0.2) is 30.6 Å². The molecule has 0 radical (unpaired) electrons. The first-order chi connectivity index (χ1) is 12.5. The van der Waals surface area contributed by atoms with Crippen LogP contribution in [0.25, 0.3) is 22.2 Å². The quantitative estimate of drug-likeness (QED) is 0.781. The van der Waals surface area contributed by atoms with Gasteiger partial charge in [0.05, 0.1) is 36.0 Å². The third-order valence-corrected chi connectivity index (χ3v) is 4.80. The van der Waals surface area contributed by atoms with Gasteiger partial charge in [-0.3, -0.25) is 4.79 Å². The van der Waals surface area contributed by atoms with Crippen LogP contribution in [0.1, 0.15) is 12.0 Å². The number of fused-ring (bicyclic) bond motifs is 1. The van der Waals surface area contributed by atoms with Crippen molar-refractivity contribution in [2.24, 2.45) is 13.0 Å². The van der Waals surface area contributed by atoms with Crippen LogP contribution in [-0.2, 0) is 11.8 Å². The van der Waals surface area contributed by atoms with Gasteiger partial charge in [0.25, 0.3) is 0 Å². The Morgan fingerprint density at radius 1 is 1.38 bits per heavy atom. The number of ether oxygens (including phenoxy) is 1. The van der Waals surface area contributed by atoms with E-state index in [0.717, 1.165) is 27.7 Å². The van der Waals surface area contributed by atoms with Crippen molar-refractivity contribution >= 4 is 22.6 Å². The molecule has 2 atom stereocenters. The molecule has 7 heteroatoms. The van der Waals surface area contributed by atoms with Gasteiger partial charge < -0.3 is 14.6 Å². The van der Waals surface area contributed by atoms with E-state index in [1.807, 2.05) is 30.7 Å². The van der Waals surface area contributed by atoms with Crippen LogP contribution in [0, 0.1) is 12.8 Å². The van der Waals surface area contributed by atoms with Crippen LogP contribution in [0.3, 0.4) is 0 Å². The first-order valence-corrected chi connectivity index (χ1v) is 8.40. The summed E-state index contributed by atoms with van der Waals surface area (Å²) >= 11 is 0. The van der Waals surface area contributed by atoms with E-state index in [2.05, 4.69) is 15.3 Å². The van der Waals surface area contributed by atoms with Crippen molar-refractivity contribution in [1.82, 2.24) is 14.5 Å². The highest BCUT2D eigenvalue weighted by molar-refractivity contribution is 5.96. The predicted octanol–water partition coefficient (Wildman–Crippen LogP) is 3.25. The third-order valence-electron chi connectivity index (χ3n) is 4.80. The Labute approximate surface area is 150 Å². The number of aromatic nitrogens is 3. The molecule has 2 unspecified atom stereocenters. The zero-order valence-electron chi connectivity index (χ0n) is 14.8. The van der Waals surface area contributed by atoms with Crippen LogP contribution >= 0.6 is 0 Å². The normalized spacial score (nSPS) is 18.8. The van der Waals surface area contributed by atoms with Crippen molar-refractivity contribution in [2.45, 2.75) is 19.5 Å². The first kappa shape index (κ1) is 16.5. The van der Waals surface area contributed by atoms with Crippen LogP contribution < -0.4 is 10.1 Å². The molecule has 0 aliphatic heterocycles. The number of carbonyl (C=O) groups excluding carboxylic acids is 1. The first-order valence-electron chi connectivity index (χ1n) is 8.40. The zero-order valence-corrected chi connectivity index (χ0v) is 14.8. The molecule has 3 heterocycles. The Morgan fingerprint density at radius 2 is 2.15 bits per heavy atom. The third kappa shape index (κ3) is 2.69. The number of halogens is 1. The molecule has 0 spiro atoms. The molecule has 1 amide bonds. The van der Waals surface area contributed by atoms with Crippen LogP contribution in [0.2, 0.25) is 0 Å². The molecular formula is C19H19FN4O2. The van der Waals surface area contributed by atoms with Crippen LogP contribution in [0.5, 0.6) is 5.88 Å². The molecule has 134 valence electrons. The lowest BCUT2D eigenvalue weighted by Crippen LogP contribution is -2.15. The number of alkyl halides is 1. The fraction of sp³-hybridized carbons (Fsp3) is 0.316. The van der Waals surface area contributed by atoms with E-state index < -0.39 is 12.1 Å². The molecular weight excluding hydrogens is 335 g/mol. The lowest BCUT2D eigenvalue weighted by atomic mass is 10.1. The van der Waals surface area contributed by atoms with Gasteiger partial charge in [-0.05, 0) is 37.1 Å². The van der Waals surface area contributed by atoms with E-state index in [1.54, 1.807) is 25.6 Å².